The number of hydrogen-bond acceptors (Lipinski definition) is 5. The van der Waals surface area contributed by atoms with Crippen LogP contribution in [0.4, 0.5) is 0 Å². The molecular formula is C17H32N6OS. The Morgan fingerprint density at radius 1 is 1.44 bits per heavy atom. The molecule has 0 radical (unpaired) electrons. The summed E-state index contributed by atoms with van der Waals surface area (Å²) in [6, 6.07) is 0. The molecule has 1 aromatic rings. The van der Waals surface area contributed by atoms with Gasteiger partial charge in [0.2, 0.25) is 0 Å². The fourth-order valence-electron chi connectivity index (χ4n) is 2.69. The van der Waals surface area contributed by atoms with Gasteiger partial charge in [-0.3, -0.25) is 0 Å². The van der Waals surface area contributed by atoms with Crippen LogP contribution in [0.25, 0.3) is 0 Å². The zero-order valence-corrected chi connectivity index (χ0v) is 17.0. The number of hydrogen-bond donors (Lipinski definition) is 1. The van der Waals surface area contributed by atoms with Crippen LogP contribution in [0.3, 0.4) is 0 Å². The minimum absolute atomic E-state index is 0.542. The van der Waals surface area contributed by atoms with Gasteiger partial charge in [-0.2, -0.15) is 11.8 Å². The van der Waals surface area contributed by atoms with Gasteiger partial charge in [0.15, 0.2) is 11.8 Å². The molecule has 142 valence electrons. The number of aryl methyl sites for hydroxylation is 1. The molecule has 1 aliphatic heterocycles. The van der Waals surface area contributed by atoms with Crippen molar-refractivity contribution < 1.29 is 4.74 Å². The maximum atomic E-state index is 5.15. The van der Waals surface area contributed by atoms with Gasteiger partial charge in [0.1, 0.15) is 12.4 Å². The van der Waals surface area contributed by atoms with E-state index in [0.717, 1.165) is 56.0 Å². The van der Waals surface area contributed by atoms with Crippen molar-refractivity contribution in [3.8, 4) is 0 Å². The lowest BCUT2D eigenvalue weighted by molar-refractivity contribution is 0.195. The van der Waals surface area contributed by atoms with Crippen molar-refractivity contribution in [1.29, 1.82) is 0 Å². The molecule has 0 amide bonds. The van der Waals surface area contributed by atoms with E-state index in [1.807, 2.05) is 18.5 Å². The summed E-state index contributed by atoms with van der Waals surface area (Å²) in [5.41, 5.74) is 0. The van der Waals surface area contributed by atoms with Crippen molar-refractivity contribution in [3.63, 3.8) is 0 Å². The molecule has 0 aliphatic carbocycles. The van der Waals surface area contributed by atoms with E-state index in [2.05, 4.69) is 46.0 Å². The molecule has 1 fully saturated rings. The Balaban J connectivity index is 2.05. The Morgan fingerprint density at radius 2 is 2.24 bits per heavy atom. The SMILES string of the molecule is COCCCNC(=NCc1nnc(C)n1C)N1CCSC(C(C)C)C1. The van der Waals surface area contributed by atoms with Gasteiger partial charge in [-0.05, 0) is 19.3 Å². The summed E-state index contributed by atoms with van der Waals surface area (Å²) in [7, 11) is 3.72. The predicted molar refractivity (Wildman–Crippen MR) is 104 cm³/mol. The summed E-state index contributed by atoms with van der Waals surface area (Å²) in [5, 5.41) is 12.5. The first-order valence-corrected chi connectivity index (χ1v) is 10.1. The summed E-state index contributed by atoms with van der Waals surface area (Å²) in [4.78, 5) is 7.23. The number of ether oxygens (including phenoxy) is 1. The Kier molecular flexibility index (Phi) is 8.02. The van der Waals surface area contributed by atoms with Gasteiger partial charge in [0, 0.05) is 51.4 Å². The van der Waals surface area contributed by atoms with Gasteiger partial charge in [0.05, 0.1) is 0 Å². The zero-order chi connectivity index (χ0) is 18.2. The highest BCUT2D eigenvalue weighted by molar-refractivity contribution is 8.00. The lowest BCUT2D eigenvalue weighted by atomic mass is 10.1. The number of nitrogens with zero attached hydrogens (tertiary/aromatic N) is 5. The molecule has 0 aromatic carbocycles. The lowest BCUT2D eigenvalue weighted by Gasteiger charge is -2.36. The van der Waals surface area contributed by atoms with Crippen molar-refractivity contribution >= 4 is 17.7 Å². The molecule has 0 bridgehead atoms. The van der Waals surface area contributed by atoms with Gasteiger partial charge in [0.25, 0.3) is 0 Å². The number of aromatic nitrogens is 3. The highest BCUT2D eigenvalue weighted by atomic mass is 32.2. The van der Waals surface area contributed by atoms with Gasteiger partial charge in [-0.25, -0.2) is 4.99 Å². The van der Waals surface area contributed by atoms with E-state index in [0.29, 0.717) is 17.7 Å². The topological polar surface area (TPSA) is 67.6 Å². The van der Waals surface area contributed by atoms with Crippen LogP contribution >= 0.6 is 11.8 Å². The van der Waals surface area contributed by atoms with E-state index in [1.165, 1.54) is 0 Å². The quantitative estimate of drug-likeness (QED) is 0.449. The maximum Gasteiger partial charge on any atom is 0.194 e. The first-order chi connectivity index (χ1) is 12.0. The second-order valence-electron chi connectivity index (χ2n) is 6.73. The third-order valence-electron chi connectivity index (χ3n) is 4.50. The number of nitrogens with one attached hydrogen (secondary N) is 1. The molecule has 1 unspecified atom stereocenters. The second kappa shape index (κ2) is 10.0. The molecule has 2 rings (SSSR count). The number of guanidine groups is 1. The fourth-order valence-corrected chi connectivity index (χ4v) is 3.99. The monoisotopic (exact) mass is 368 g/mol. The number of aliphatic imine (C=N–C) groups is 1. The predicted octanol–water partition coefficient (Wildman–Crippen LogP) is 1.68. The molecule has 1 aliphatic rings. The number of rotatable bonds is 7. The minimum atomic E-state index is 0.542. The van der Waals surface area contributed by atoms with Crippen LogP contribution in [0, 0.1) is 12.8 Å². The van der Waals surface area contributed by atoms with Crippen LogP contribution < -0.4 is 5.32 Å². The smallest absolute Gasteiger partial charge is 0.194 e. The molecule has 2 heterocycles. The Hall–Kier alpha value is -1.28. The average molecular weight is 369 g/mol. The molecule has 1 atom stereocenters. The van der Waals surface area contributed by atoms with E-state index in [4.69, 9.17) is 9.73 Å². The maximum absolute atomic E-state index is 5.15. The van der Waals surface area contributed by atoms with E-state index in [1.54, 1.807) is 7.11 Å². The Bertz CT molecular complexity index is 559. The van der Waals surface area contributed by atoms with Crippen molar-refractivity contribution in [2.45, 2.75) is 39.0 Å². The second-order valence-corrected chi connectivity index (χ2v) is 8.08. The van der Waals surface area contributed by atoms with E-state index in [9.17, 15) is 0 Å². The van der Waals surface area contributed by atoms with Crippen LogP contribution in [-0.2, 0) is 18.3 Å². The largest absolute Gasteiger partial charge is 0.385 e. The molecule has 7 nitrogen and oxygen atoms in total. The Labute approximate surface area is 155 Å². The van der Waals surface area contributed by atoms with Crippen molar-refractivity contribution in [2.24, 2.45) is 18.0 Å². The highest BCUT2D eigenvalue weighted by Gasteiger charge is 2.25. The van der Waals surface area contributed by atoms with Crippen LogP contribution in [0.5, 0.6) is 0 Å². The number of thioether (sulfide) groups is 1. The third-order valence-corrected chi connectivity index (χ3v) is 6.04. The van der Waals surface area contributed by atoms with Crippen molar-refractivity contribution in [3.05, 3.63) is 11.6 Å². The summed E-state index contributed by atoms with van der Waals surface area (Å²) in [5.74, 6) is 4.59. The fraction of sp³-hybridized carbons (Fsp3) is 0.824. The highest BCUT2D eigenvalue weighted by Crippen LogP contribution is 2.24. The normalized spacial score (nSPS) is 18.9. The van der Waals surface area contributed by atoms with Gasteiger partial charge >= 0.3 is 0 Å². The van der Waals surface area contributed by atoms with Crippen LogP contribution in [-0.4, -0.2) is 70.0 Å². The summed E-state index contributed by atoms with van der Waals surface area (Å²) in [6.07, 6.45) is 0.967. The van der Waals surface area contributed by atoms with E-state index < -0.39 is 0 Å². The number of methoxy groups -OCH3 is 1. The van der Waals surface area contributed by atoms with E-state index >= 15 is 0 Å². The average Bonchev–Trinajstić information content (AvgIpc) is 2.93. The standard InChI is InChI=1S/C17H32N6OS/c1-13(2)15-12-23(8-10-25-15)17(18-7-6-9-24-5)19-11-16-21-20-14(3)22(16)4/h13,15H,6-12H2,1-5H3,(H,18,19). The summed E-state index contributed by atoms with van der Waals surface area (Å²) in [6.45, 7) is 10.8. The van der Waals surface area contributed by atoms with Crippen molar-refractivity contribution in [2.75, 3.05) is 39.1 Å². The molecule has 1 N–H and O–H groups in total. The van der Waals surface area contributed by atoms with Gasteiger partial charge < -0.3 is 19.5 Å². The van der Waals surface area contributed by atoms with Crippen LogP contribution in [0.2, 0.25) is 0 Å². The summed E-state index contributed by atoms with van der Waals surface area (Å²) < 4.78 is 7.14. The molecule has 25 heavy (non-hydrogen) atoms. The summed E-state index contributed by atoms with van der Waals surface area (Å²) >= 11 is 2.07. The molecule has 0 spiro atoms. The molecule has 8 heteroatoms. The van der Waals surface area contributed by atoms with Crippen molar-refractivity contribution in [1.82, 2.24) is 25.0 Å². The van der Waals surface area contributed by atoms with Crippen LogP contribution in [0.1, 0.15) is 31.9 Å². The van der Waals surface area contributed by atoms with E-state index in [-0.39, 0.29) is 0 Å². The molecule has 1 saturated heterocycles. The molecule has 0 saturated carbocycles. The third kappa shape index (κ3) is 5.88. The Morgan fingerprint density at radius 3 is 2.88 bits per heavy atom. The molecular weight excluding hydrogens is 336 g/mol. The molecule has 1 aromatic heterocycles. The zero-order valence-electron chi connectivity index (χ0n) is 16.2. The first-order valence-electron chi connectivity index (χ1n) is 9.01. The van der Waals surface area contributed by atoms with Gasteiger partial charge in [-0.1, -0.05) is 13.8 Å². The first kappa shape index (κ1) is 20.0. The van der Waals surface area contributed by atoms with Crippen LogP contribution in [0.15, 0.2) is 4.99 Å². The minimum Gasteiger partial charge on any atom is -0.385 e. The lowest BCUT2D eigenvalue weighted by Crippen LogP contribution is -2.49. The van der Waals surface area contributed by atoms with Gasteiger partial charge in [-0.15, -0.1) is 10.2 Å².